The second-order valence-corrected chi connectivity index (χ2v) is 5.39. The van der Waals surface area contributed by atoms with Crippen molar-refractivity contribution in [2.45, 2.75) is 26.8 Å². The Balaban J connectivity index is 2.27. The zero-order valence-electron chi connectivity index (χ0n) is 13.0. The van der Waals surface area contributed by atoms with Gasteiger partial charge in [0.15, 0.2) is 0 Å². The summed E-state index contributed by atoms with van der Waals surface area (Å²) in [4.78, 5) is 32.4. The molecule has 8 heteroatoms. The molecule has 1 N–H and O–H groups in total. The molecule has 3 rings (SSSR count). The van der Waals surface area contributed by atoms with E-state index in [0.717, 1.165) is 0 Å². The fraction of sp³-hybridized carbons (Fsp3) is 0.267. The highest BCUT2D eigenvalue weighted by Gasteiger charge is 2.17. The quantitative estimate of drug-likeness (QED) is 0.790. The second kappa shape index (κ2) is 5.64. The predicted molar refractivity (Wildman–Crippen MR) is 85.2 cm³/mol. The first-order valence-corrected chi connectivity index (χ1v) is 7.18. The number of rotatable bonds is 3. The molecule has 8 nitrogen and oxygen atoms in total. The van der Waals surface area contributed by atoms with Gasteiger partial charge in [0.1, 0.15) is 11.4 Å². The number of carbonyl (C=O) groups is 1. The van der Waals surface area contributed by atoms with Crippen molar-refractivity contribution in [1.29, 1.82) is 0 Å². The minimum absolute atomic E-state index is 0.0337. The Morgan fingerprint density at radius 2 is 2.09 bits per heavy atom. The van der Waals surface area contributed by atoms with Crippen molar-refractivity contribution in [2.75, 3.05) is 5.32 Å². The van der Waals surface area contributed by atoms with E-state index in [0.29, 0.717) is 17.3 Å². The molecule has 0 bridgehead atoms. The van der Waals surface area contributed by atoms with Gasteiger partial charge in [-0.3, -0.25) is 14.6 Å². The van der Waals surface area contributed by atoms with E-state index < -0.39 is 5.56 Å². The van der Waals surface area contributed by atoms with Crippen molar-refractivity contribution in [1.82, 2.24) is 24.1 Å². The molecule has 0 saturated heterocycles. The number of carbonyl (C=O) groups excluding carboxylic acids is 1. The van der Waals surface area contributed by atoms with Crippen LogP contribution >= 0.6 is 0 Å². The molecule has 0 atom stereocenters. The maximum atomic E-state index is 12.5. The van der Waals surface area contributed by atoms with E-state index in [1.807, 2.05) is 19.9 Å². The van der Waals surface area contributed by atoms with Gasteiger partial charge in [0.05, 0.1) is 0 Å². The molecule has 23 heavy (non-hydrogen) atoms. The number of nitrogens with one attached hydrogen (secondary N) is 1. The lowest BCUT2D eigenvalue weighted by Crippen LogP contribution is -2.25. The summed E-state index contributed by atoms with van der Waals surface area (Å²) in [6.45, 7) is 5.26. The van der Waals surface area contributed by atoms with Crippen LogP contribution in [0.25, 0.3) is 17.3 Å². The molecule has 3 aromatic rings. The van der Waals surface area contributed by atoms with Gasteiger partial charge in [-0.1, -0.05) is 6.07 Å². The monoisotopic (exact) mass is 312 g/mol. The van der Waals surface area contributed by atoms with Crippen LogP contribution in [0.5, 0.6) is 0 Å². The molecule has 0 saturated carbocycles. The maximum absolute atomic E-state index is 12.5. The van der Waals surface area contributed by atoms with Crippen molar-refractivity contribution >= 4 is 17.4 Å². The molecule has 0 aliphatic heterocycles. The molecule has 118 valence electrons. The topological polar surface area (TPSA) is 94.2 Å². The number of nitrogens with zero attached hydrogens (tertiary/aromatic N) is 5. The van der Waals surface area contributed by atoms with Crippen molar-refractivity contribution in [3.05, 3.63) is 40.9 Å². The molecular formula is C15H16N6O2. The van der Waals surface area contributed by atoms with Gasteiger partial charge >= 0.3 is 0 Å². The van der Waals surface area contributed by atoms with Crippen LogP contribution in [0.1, 0.15) is 26.8 Å². The maximum Gasteiger partial charge on any atom is 0.299 e. The molecule has 0 aliphatic rings. The highest BCUT2D eigenvalue weighted by Crippen LogP contribution is 2.16. The number of fused-ring (bicyclic) bond motifs is 1. The molecule has 0 radical (unpaired) electrons. The minimum Gasteiger partial charge on any atom is -0.320 e. The van der Waals surface area contributed by atoms with E-state index in [-0.39, 0.29) is 17.6 Å². The van der Waals surface area contributed by atoms with E-state index >= 15 is 0 Å². The zero-order chi connectivity index (χ0) is 16.6. The number of hydrogen-bond donors (Lipinski definition) is 1. The van der Waals surface area contributed by atoms with E-state index in [1.54, 1.807) is 29.1 Å². The zero-order valence-corrected chi connectivity index (χ0v) is 13.0. The predicted octanol–water partition coefficient (Wildman–Crippen LogP) is 1.49. The summed E-state index contributed by atoms with van der Waals surface area (Å²) in [5, 5.41) is 6.78. The van der Waals surface area contributed by atoms with Crippen molar-refractivity contribution in [3.8, 4) is 11.5 Å². The van der Waals surface area contributed by atoms with Gasteiger partial charge < -0.3 is 9.88 Å². The Kier molecular flexibility index (Phi) is 3.65. The van der Waals surface area contributed by atoms with Crippen LogP contribution in [0.4, 0.5) is 5.69 Å². The molecule has 1 amide bonds. The fourth-order valence-electron chi connectivity index (χ4n) is 2.23. The summed E-state index contributed by atoms with van der Waals surface area (Å²) in [6, 6.07) is 5.42. The average molecular weight is 312 g/mol. The van der Waals surface area contributed by atoms with Gasteiger partial charge in [0.2, 0.25) is 17.5 Å². The van der Waals surface area contributed by atoms with Gasteiger partial charge in [0.25, 0.3) is 5.56 Å². The molecule has 3 aromatic heterocycles. The molecule has 0 aliphatic carbocycles. The molecule has 3 heterocycles. The first-order chi connectivity index (χ1) is 11.0. The van der Waals surface area contributed by atoms with E-state index in [4.69, 9.17) is 0 Å². The summed E-state index contributed by atoms with van der Waals surface area (Å²) in [7, 11) is 0. The van der Waals surface area contributed by atoms with Crippen LogP contribution in [0.2, 0.25) is 0 Å². The number of hydrogen-bond acceptors (Lipinski definition) is 5. The SMILES string of the molecule is CC(=O)Nc1cn(C(C)C)c2nc(-c3ccccn3)nn2c1=O. The average Bonchev–Trinajstić information content (AvgIpc) is 2.96. The minimum atomic E-state index is -0.429. The van der Waals surface area contributed by atoms with Crippen LogP contribution in [0.3, 0.4) is 0 Å². The molecule has 0 aromatic carbocycles. The number of amides is 1. The van der Waals surface area contributed by atoms with Gasteiger partial charge in [-0.25, -0.2) is 0 Å². The smallest absolute Gasteiger partial charge is 0.299 e. The highest BCUT2D eigenvalue weighted by molar-refractivity contribution is 5.88. The number of anilines is 1. The second-order valence-electron chi connectivity index (χ2n) is 5.39. The van der Waals surface area contributed by atoms with Gasteiger partial charge in [-0.05, 0) is 26.0 Å². The normalized spacial score (nSPS) is 11.1. The Morgan fingerprint density at radius 3 is 2.70 bits per heavy atom. The standard InChI is InChI=1S/C15H16N6O2/c1-9(2)20-8-12(17-10(3)22)14(23)21-15(20)18-13(19-21)11-6-4-5-7-16-11/h4-9H,1-3H3,(H,17,22). The van der Waals surface area contributed by atoms with Crippen LogP contribution in [0, 0.1) is 0 Å². The highest BCUT2D eigenvalue weighted by atomic mass is 16.2. The van der Waals surface area contributed by atoms with E-state index in [1.165, 1.54) is 11.4 Å². The number of pyridine rings is 1. The summed E-state index contributed by atoms with van der Waals surface area (Å²) in [5.74, 6) is 0.443. The summed E-state index contributed by atoms with van der Waals surface area (Å²) in [6.07, 6.45) is 3.22. The van der Waals surface area contributed by atoms with E-state index in [2.05, 4.69) is 20.4 Å². The summed E-state index contributed by atoms with van der Waals surface area (Å²) in [5.41, 5.74) is 0.310. The molecule has 0 fully saturated rings. The van der Waals surface area contributed by atoms with Gasteiger partial charge in [-0.2, -0.15) is 9.50 Å². The molecule has 0 spiro atoms. The third-order valence-corrected chi connectivity index (χ3v) is 3.27. The third-order valence-electron chi connectivity index (χ3n) is 3.27. The Hall–Kier alpha value is -3.03. The van der Waals surface area contributed by atoms with Crippen molar-refractivity contribution < 1.29 is 4.79 Å². The Morgan fingerprint density at radius 1 is 1.30 bits per heavy atom. The first-order valence-electron chi connectivity index (χ1n) is 7.18. The molecule has 0 unspecified atom stereocenters. The first kappa shape index (κ1) is 14.9. The Bertz CT molecular complexity index is 926. The van der Waals surface area contributed by atoms with Gasteiger partial charge in [-0.15, -0.1) is 5.10 Å². The van der Waals surface area contributed by atoms with Gasteiger partial charge in [0, 0.05) is 25.4 Å². The summed E-state index contributed by atoms with van der Waals surface area (Å²) < 4.78 is 2.97. The number of aromatic nitrogens is 5. The Labute approximate surface area is 131 Å². The third kappa shape index (κ3) is 2.70. The lowest BCUT2D eigenvalue weighted by atomic mass is 10.3. The molecular weight excluding hydrogens is 296 g/mol. The van der Waals surface area contributed by atoms with E-state index in [9.17, 15) is 9.59 Å². The van der Waals surface area contributed by atoms with Crippen LogP contribution in [0.15, 0.2) is 35.4 Å². The van der Waals surface area contributed by atoms with Crippen molar-refractivity contribution in [2.24, 2.45) is 0 Å². The lowest BCUT2D eigenvalue weighted by molar-refractivity contribution is -0.114. The largest absolute Gasteiger partial charge is 0.320 e. The summed E-state index contributed by atoms with van der Waals surface area (Å²) >= 11 is 0. The lowest BCUT2D eigenvalue weighted by Gasteiger charge is -2.13. The fourth-order valence-corrected chi connectivity index (χ4v) is 2.23. The van der Waals surface area contributed by atoms with Crippen molar-refractivity contribution in [3.63, 3.8) is 0 Å². The van der Waals surface area contributed by atoms with Crippen LogP contribution in [-0.2, 0) is 4.79 Å². The van der Waals surface area contributed by atoms with Crippen LogP contribution in [-0.4, -0.2) is 30.1 Å². The van der Waals surface area contributed by atoms with Crippen LogP contribution < -0.4 is 10.9 Å².